The third-order valence-electron chi connectivity index (χ3n) is 2.26. The lowest BCUT2D eigenvalue weighted by Gasteiger charge is -2.22. The molecule has 0 unspecified atom stereocenters. The minimum Gasteiger partial charge on any atom is -0.396 e. The quantitative estimate of drug-likeness (QED) is 0.820. The maximum absolute atomic E-state index is 13.0. The van der Waals surface area contributed by atoms with Crippen LogP contribution in [-0.4, -0.2) is 20.7 Å². The van der Waals surface area contributed by atoms with Gasteiger partial charge in [0, 0.05) is 6.54 Å². The summed E-state index contributed by atoms with van der Waals surface area (Å²) in [5, 5.41) is 0. The highest BCUT2D eigenvalue weighted by molar-refractivity contribution is 7.92. The molecule has 0 bridgehead atoms. The molecule has 4 nitrogen and oxygen atoms in total. The normalized spacial score (nSPS) is 11.4. The molecule has 0 atom stereocenters. The third kappa shape index (κ3) is 2.44. The van der Waals surface area contributed by atoms with E-state index in [2.05, 4.69) is 0 Å². The molecule has 0 aliphatic carbocycles. The van der Waals surface area contributed by atoms with Crippen LogP contribution in [0, 0.1) is 5.82 Å². The Kier molecular flexibility index (Phi) is 3.74. The van der Waals surface area contributed by atoms with Crippen LogP contribution < -0.4 is 10.0 Å². The van der Waals surface area contributed by atoms with Gasteiger partial charge < -0.3 is 5.73 Å². The van der Waals surface area contributed by atoms with Crippen LogP contribution in [-0.2, 0) is 10.0 Å². The standard InChI is InChI=1S/C10H15FN2O2S/c1-3-13(16(14,15)4-2)8-5-6-9(11)10(12)7-8/h5-7H,3-4,12H2,1-2H3. The fraction of sp³-hybridized carbons (Fsp3) is 0.400. The molecule has 1 aromatic carbocycles. The molecule has 0 heterocycles. The molecule has 0 amide bonds. The predicted molar refractivity (Wildman–Crippen MR) is 63.3 cm³/mol. The molecular formula is C10H15FN2O2S. The molecule has 6 heteroatoms. The van der Waals surface area contributed by atoms with E-state index in [1.165, 1.54) is 22.5 Å². The summed E-state index contributed by atoms with van der Waals surface area (Å²) in [6.45, 7) is 3.57. The highest BCUT2D eigenvalue weighted by atomic mass is 32.2. The Morgan fingerprint density at radius 3 is 2.44 bits per heavy atom. The summed E-state index contributed by atoms with van der Waals surface area (Å²) < 4.78 is 37.6. The largest absolute Gasteiger partial charge is 0.396 e. The van der Waals surface area contributed by atoms with Crippen LogP contribution >= 0.6 is 0 Å². The third-order valence-corrected chi connectivity index (χ3v) is 4.13. The number of hydrogen-bond acceptors (Lipinski definition) is 3. The fourth-order valence-electron chi connectivity index (χ4n) is 1.38. The van der Waals surface area contributed by atoms with Gasteiger partial charge in [0.1, 0.15) is 5.82 Å². The zero-order valence-electron chi connectivity index (χ0n) is 9.27. The molecule has 0 saturated heterocycles. The van der Waals surface area contributed by atoms with Gasteiger partial charge in [-0.2, -0.15) is 0 Å². The van der Waals surface area contributed by atoms with E-state index in [4.69, 9.17) is 5.73 Å². The van der Waals surface area contributed by atoms with Crippen LogP contribution in [0.1, 0.15) is 13.8 Å². The number of hydrogen-bond donors (Lipinski definition) is 1. The van der Waals surface area contributed by atoms with Gasteiger partial charge in [0.15, 0.2) is 0 Å². The number of nitrogens with two attached hydrogens (primary N) is 1. The number of halogens is 1. The van der Waals surface area contributed by atoms with Crippen LogP contribution in [0.4, 0.5) is 15.8 Å². The smallest absolute Gasteiger partial charge is 0.234 e. The van der Waals surface area contributed by atoms with Gasteiger partial charge in [-0.1, -0.05) is 0 Å². The lowest BCUT2D eigenvalue weighted by Crippen LogP contribution is -2.32. The van der Waals surface area contributed by atoms with Crippen LogP contribution in [0.15, 0.2) is 18.2 Å². The fourth-order valence-corrected chi connectivity index (χ4v) is 2.52. The van der Waals surface area contributed by atoms with E-state index in [-0.39, 0.29) is 11.4 Å². The maximum atomic E-state index is 13.0. The zero-order chi connectivity index (χ0) is 12.3. The minimum atomic E-state index is -3.34. The van der Waals surface area contributed by atoms with Gasteiger partial charge in [0.25, 0.3) is 0 Å². The van der Waals surface area contributed by atoms with Gasteiger partial charge in [-0.15, -0.1) is 0 Å². The Balaban J connectivity index is 3.20. The van der Waals surface area contributed by atoms with E-state index >= 15 is 0 Å². The van der Waals surface area contributed by atoms with Crippen molar-refractivity contribution in [1.29, 1.82) is 0 Å². The molecule has 0 spiro atoms. The first-order valence-corrected chi connectivity index (χ1v) is 6.58. The molecule has 1 rings (SSSR count). The molecule has 2 N–H and O–H groups in total. The average molecular weight is 246 g/mol. The first-order valence-electron chi connectivity index (χ1n) is 4.97. The maximum Gasteiger partial charge on any atom is 0.234 e. The van der Waals surface area contributed by atoms with Crippen molar-refractivity contribution in [3.8, 4) is 0 Å². The van der Waals surface area contributed by atoms with E-state index in [1.54, 1.807) is 13.8 Å². The highest BCUT2D eigenvalue weighted by Crippen LogP contribution is 2.22. The molecule has 1 aromatic rings. The van der Waals surface area contributed by atoms with E-state index in [0.717, 1.165) is 0 Å². The van der Waals surface area contributed by atoms with Crippen molar-refractivity contribution in [1.82, 2.24) is 0 Å². The van der Waals surface area contributed by atoms with Crippen LogP contribution in [0.5, 0.6) is 0 Å². The Morgan fingerprint density at radius 1 is 1.38 bits per heavy atom. The Bertz CT molecular complexity index is 474. The molecule has 0 aliphatic heterocycles. The molecular weight excluding hydrogens is 231 g/mol. The average Bonchev–Trinajstić information content (AvgIpc) is 2.24. The van der Waals surface area contributed by atoms with Gasteiger partial charge in [0.2, 0.25) is 10.0 Å². The Morgan fingerprint density at radius 2 is 2.00 bits per heavy atom. The van der Waals surface area contributed by atoms with Crippen LogP contribution in [0.2, 0.25) is 0 Å². The predicted octanol–water partition coefficient (Wildman–Crippen LogP) is 1.58. The molecule has 0 radical (unpaired) electrons. The summed E-state index contributed by atoms with van der Waals surface area (Å²) in [6.07, 6.45) is 0. The number of nitrogens with zero attached hydrogens (tertiary/aromatic N) is 1. The van der Waals surface area contributed by atoms with Gasteiger partial charge in [-0.05, 0) is 32.0 Å². The molecule has 0 fully saturated rings. The number of rotatable bonds is 4. The van der Waals surface area contributed by atoms with Crippen molar-refractivity contribution in [3.63, 3.8) is 0 Å². The Hall–Kier alpha value is -1.30. The van der Waals surface area contributed by atoms with Crippen molar-refractivity contribution >= 4 is 21.4 Å². The lowest BCUT2D eigenvalue weighted by atomic mass is 10.2. The summed E-state index contributed by atoms with van der Waals surface area (Å²) in [6, 6.07) is 3.90. The summed E-state index contributed by atoms with van der Waals surface area (Å²) in [5.74, 6) is -0.549. The number of sulfonamides is 1. The monoisotopic (exact) mass is 246 g/mol. The molecule has 0 saturated carbocycles. The van der Waals surface area contributed by atoms with Gasteiger partial charge in [-0.25, -0.2) is 12.8 Å². The first-order chi connectivity index (χ1) is 7.42. The summed E-state index contributed by atoms with van der Waals surface area (Å²) in [4.78, 5) is 0. The van der Waals surface area contributed by atoms with Crippen molar-refractivity contribution in [2.45, 2.75) is 13.8 Å². The van der Waals surface area contributed by atoms with Crippen molar-refractivity contribution < 1.29 is 12.8 Å². The van der Waals surface area contributed by atoms with Crippen LogP contribution in [0.3, 0.4) is 0 Å². The number of nitrogen functional groups attached to an aromatic ring is 1. The van der Waals surface area contributed by atoms with E-state index in [1.807, 2.05) is 0 Å². The zero-order valence-corrected chi connectivity index (χ0v) is 10.1. The minimum absolute atomic E-state index is 0.00186. The van der Waals surface area contributed by atoms with Crippen molar-refractivity contribution in [2.75, 3.05) is 22.3 Å². The number of benzene rings is 1. The van der Waals surface area contributed by atoms with Crippen molar-refractivity contribution in [3.05, 3.63) is 24.0 Å². The Labute approximate surface area is 94.9 Å². The lowest BCUT2D eigenvalue weighted by molar-refractivity contribution is 0.593. The van der Waals surface area contributed by atoms with E-state index in [9.17, 15) is 12.8 Å². The summed E-state index contributed by atoms with van der Waals surface area (Å²) in [5.41, 5.74) is 5.74. The summed E-state index contributed by atoms with van der Waals surface area (Å²) in [7, 11) is -3.34. The molecule has 0 aromatic heterocycles. The van der Waals surface area contributed by atoms with Crippen molar-refractivity contribution in [2.24, 2.45) is 0 Å². The van der Waals surface area contributed by atoms with Crippen LogP contribution in [0.25, 0.3) is 0 Å². The first kappa shape index (κ1) is 12.8. The summed E-state index contributed by atoms with van der Waals surface area (Å²) >= 11 is 0. The highest BCUT2D eigenvalue weighted by Gasteiger charge is 2.19. The second kappa shape index (κ2) is 4.69. The number of anilines is 2. The molecule has 0 aliphatic rings. The van der Waals surface area contributed by atoms with Gasteiger partial charge >= 0.3 is 0 Å². The van der Waals surface area contributed by atoms with E-state index in [0.29, 0.717) is 12.2 Å². The second-order valence-electron chi connectivity index (χ2n) is 3.27. The van der Waals surface area contributed by atoms with E-state index < -0.39 is 15.8 Å². The van der Waals surface area contributed by atoms with Gasteiger partial charge in [0.05, 0.1) is 17.1 Å². The molecule has 16 heavy (non-hydrogen) atoms. The SMILES string of the molecule is CCN(c1ccc(F)c(N)c1)S(=O)(=O)CC. The molecule has 90 valence electrons. The van der Waals surface area contributed by atoms with Gasteiger partial charge in [-0.3, -0.25) is 4.31 Å². The second-order valence-corrected chi connectivity index (χ2v) is 5.45. The topological polar surface area (TPSA) is 63.4 Å².